The highest BCUT2D eigenvalue weighted by Gasteiger charge is 2.32. The molecule has 128 valence electrons. The highest BCUT2D eigenvalue weighted by atomic mass is 19.1. The van der Waals surface area contributed by atoms with Gasteiger partial charge in [0.25, 0.3) is 0 Å². The molecule has 24 heavy (non-hydrogen) atoms. The van der Waals surface area contributed by atoms with Crippen molar-refractivity contribution in [2.75, 3.05) is 11.9 Å². The molecule has 0 saturated carbocycles. The molecular weight excluding hydrogens is 314 g/mol. The minimum absolute atomic E-state index is 0.0989. The van der Waals surface area contributed by atoms with Crippen molar-refractivity contribution in [2.24, 2.45) is 5.73 Å². The molecule has 5 nitrogen and oxygen atoms in total. The number of nitrogens with one attached hydrogen (secondary N) is 1. The summed E-state index contributed by atoms with van der Waals surface area (Å²) in [5, 5.41) is 3.04. The van der Waals surface area contributed by atoms with E-state index in [0.717, 1.165) is 6.07 Å². The van der Waals surface area contributed by atoms with Gasteiger partial charge < -0.3 is 11.1 Å². The number of carbonyl (C=O) groups is 1. The molecule has 1 aromatic carbocycles. The summed E-state index contributed by atoms with van der Waals surface area (Å²) in [5.74, 6) is -2.52. The fourth-order valence-electron chi connectivity index (χ4n) is 2.66. The summed E-state index contributed by atoms with van der Waals surface area (Å²) >= 11 is 0. The smallest absolute Gasteiger partial charge is 0.176 e. The third-order valence-corrected chi connectivity index (χ3v) is 3.80. The molecule has 1 atom stereocenters. The molecular formula is C17H20F2N4O. The van der Waals surface area contributed by atoms with Crippen LogP contribution in [0, 0.1) is 11.6 Å². The van der Waals surface area contributed by atoms with E-state index >= 15 is 0 Å². The summed E-state index contributed by atoms with van der Waals surface area (Å²) < 4.78 is 28.3. The molecule has 2 aromatic rings. The summed E-state index contributed by atoms with van der Waals surface area (Å²) in [6.07, 6.45) is 3.28. The Morgan fingerprint density at radius 2 is 2.12 bits per heavy atom. The summed E-state index contributed by atoms with van der Waals surface area (Å²) in [6, 6.07) is 2.32. The molecule has 1 aromatic heterocycles. The zero-order chi connectivity index (χ0) is 17.7. The topological polar surface area (TPSA) is 80.9 Å². The Bertz CT molecular complexity index is 737. The van der Waals surface area contributed by atoms with E-state index in [9.17, 15) is 13.6 Å². The van der Waals surface area contributed by atoms with Gasteiger partial charge in [0.15, 0.2) is 5.78 Å². The van der Waals surface area contributed by atoms with Gasteiger partial charge >= 0.3 is 0 Å². The standard InChI is InChI=1S/C15H14F2N4O.C2H6/c16-11-2-1-8(5-18)13(17)12(11)14(22)9-3-4-20-15-10(9)6-19-7-21-15;1-2/h1-2,6-7,9H,3-5,18H2,(H,19,20,21);1-2H3. The molecule has 0 radical (unpaired) electrons. The van der Waals surface area contributed by atoms with E-state index in [-0.39, 0.29) is 12.1 Å². The molecule has 0 aliphatic carbocycles. The van der Waals surface area contributed by atoms with Gasteiger partial charge in [-0.25, -0.2) is 18.7 Å². The van der Waals surface area contributed by atoms with E-state index in [0.29, 0.717) is 24.3 Å². The lowest BCUT2D eigenvalue weighted by atomic mass is 9.86. The van der Waals surface area contributed by atoms with Crippen LogP contribution >= 0.6 is 0 Å². The van der Waals surface area contributed by atoms with Gasteiger partial charge in [-0.1, -0.05) is 19.9 Å². The number of halogens is 2. The van der Waals surface area contributed by atoms with Gasteiger partial charge in [0.1, 0.15) is 23.8 Å². The number of nitrogens with zero attached hydrogens (tertiary/aromatic N) is 2. The summed E-state index contributed by atoms with van der Waals surface area (Å²) in [6.45, 7) is 4.40. The molecule has 0 amide bonds. The van der Waals surface area contributed by atoms with Crippen LogP contribution < -0.4 is 11.1 Å². The normalized spacial score (nSPS) is 15.6. The Balaban J connectivity index is 0.00000100. The Labute approximate surface area is 139 Å². The number of ketones is 1. The zero-order valence-electron chi connectivity index (χ0n) is 13.6. The number of Topliss-reactive ketones (excluding diaryl/α,β-unsaturated/α-hetero) is 1. The maximum atomic E-state index is 14.3. The molecule has 0 fully saturated rings. The van der Waals surface area contributed by atoms with E-state index < -0.39 is 28.9 Å². The summed E-state index contributed by atoms with van der Waals surface area (Å²) in [7, 11) is 0. The Hall–Kier alpha value is -2.41. The first-order valence-electron chi connectivity index (χ1n) is 7.88. The number of benzene rings is 1. The van der Waals surface area contributed by atoms with Gasteiger partial charge in [-0.3, -0.25) is 4.79 Å². The molecule has 0 spiro atoms. The second kappa shape index (κ2) is 7.92. The number of rotatable bonds is 3. The SMILES string of the molecule is CC.NCc1ccc(F)c(C(=O)C2CCNc3ncncc32)c1F. The number of hydrogen-bond donors (Lipinski definition) is 2. The van der Waals surface area contributed by atoms with E-state index in [1.807, 2.05) is 13.8 Å². The number of aromatic nitrogens is 2. The molecule has 3 rings (SSSR count). The van der Waals surface area contributed by atoms with E-state index in [2.05, 4.69) is 15.3 Å². The lowest BCUT2D eigenvalue weighted by molar-refractivity contribution is 0.0946. The average Bonchev–Trinajstić information content (AvgIpc) is 2.63. The van der Waals surface area contributed by atoms with Crippen molar-refractivity contribution in [2.45, 2.75) is 32.7 Å². The van der Waals surface area contributed by atoms with E-state index in [4.69, 9.17) is 5.73 Å². The van der Waals surface area contributed by atoms with Crippen molar-refractivity contribution in [1.82, 2.24) is 9.97 Å². The van der Waals surface area contributed by atoms with Crippen LogP contribution in [0.1, 0.15) is 47.7 Å². The summed E-state index contributed by atoms with van der Waals surface area (Å²) in [4.78, 5) is 20.6. The van der Waals surface area contributed by atoms with Gasteiger partial charge in [-0.15, -0.1) is 0 Å². The van der Waals surface area contributed by atoms with Crippen molar-refractivity contribution in [3.05, 3.63) is 53.0 Å². The minimum atomic E-state index is -0.885. The molecule has 0 saturated heterocycles. The highest BCUT2D eigenvalue weighted by Crippen LogP contribution is 2.33. The zero-order valence-corrected chi connectivity index (χ0v) is 13.6. The molecule has 3 N–H and O–H groups in total. The maximum Gasteiger partial charge on any atom is 0.176 e. The van der Waals surface area contributed by atoms with Crippen LogP contribution in [-0.2, 0) is 6.54 Å². The lowest BCUT2D eigenvalue weighted by Crippen LogP contribution is -2.25. The second-order valence-electron chi connectivity index (χ2n) is 5.06. The van der Waals surface area contributed by atoms with Crippen molar-refractivity contribution in [1.29, 1.82) is 0 Å². The Kier molecular flexibility index (Phi) is 5.92. The Morgan fingerprint density at radius 1 is 1.38 bits per heavy atom. The second-order valence-corrected chi connectivity index (χ2v) is 5.06. The van der Waals surface area contributed by atoms with E-state index in [1.165, 1.54) is 18.6 Å². The molecule has 2 heterocycles. The first-order valence-corrected chi connectivity index (χ1v) is 7.88. The van der Waals surface area contributed by atoms with Crippen molar-refractivity contribution < 1.29 is 13.6 Å². The largest absolute Gasteiger partial charge is 0.370 e. The Morgan fingerprint density at radius 3 is 2.83 bits per heavy atom. The number of carbonyl (C=O) groups excluding carboxylic acids is 1. The van der Waals surface area contributed by atoms with Crippen LogP contribution in [0.5, 0.6) is 0 Å². The molecule has 1 aliphatic heterocycles. The van der Waals surface area contributed by atoms with Crippen molar-refractivity contribution in [3.8, 4) is 0 Å². The van der Waals surface area contributed by atoms with Crippen LogP contribution in [0.4, 0.5) is 14.6 Å². The molecule has 1 unspecified atom stereocenters. The fraction of sp³-hybridized carbons (Fsp3) is 0.353. The number of hydrogen-bond acceptors (Lipinski definition) is 5. The van der Waals surface area contributed by atoms with Crippen molar-refractivity contribution >= 4 is 11.6 Å². The van der Waals surface area contributed by atoms with Crippen LogP contribution in [0.3, 0.4) is 0 Å². The van der Waals surface area contributed by atoms with Crippen LogP contribution in [0.25, 0.3) is 0 Å². The monoisotopic (exact) mass is 334 g/mol. The first-order chi connectivity index (χ1) is 11.6. The van der Waals surface area contributed by atoms with Crippen LogP contribution in [0.15, 0.2) is 24.7 Å². The molecule has 7 heteroatoms. The van der Waals surface area contributed by atoms with Gasteiger partial charge in [-0.2, -0.15) is 0 Å². The van der Waals surface area contributed by atoms with Gasteiger partial charge in [0.2, 0.25) is 0 Å². The number of nitrogens with two attached hydrogens (primary N) is 1. The predicted octanol–water partition coefficient (Wildman–Crippen LogP) is 3.02. The van der Waals surface area contributed by atoms with Gasteiger partial charge in [0, 0.05) is 30.4 Å². The third-order valence-electron chi connectivity index (χ3n) is 3.80. The molecule has 0 bridgehead atoms. The lowest BCUT2D eigenvalue weighted by Gasteiger charge is -2.24. The average molecular weight is 334 g/mol. The first kappa shape index (κ1) is 17.9. The number of fused-ring (bicyclic) bond motifs is 1. The molecule has 1 aliphatic rings. The highest BCUT2D eigenvalue weighted by molar-refractivity contribution is 6.02. The van der Waals surface area contributed by atoms with Crippen molar-refractivity contribution in [3.63, 3.8) is 0 Å². The van der Waals surface area contributed by atoms with E-state index in [1.54, 1.807) is 0 Å². The maximum absolute atomic E-state index is 14.3. The fourth-order valence-corrected chi connectivity index (χ4v) is 2.66. The number of anilines is 1. The van der Waals surface area contributed by atoms with Crippen LogP contribution in [0.2, 0.25) is 0 Å². The minimum Gasteiger partial charge on any atom is -0.370 e. The quantitative estimate of drug-likeness (QED) is 0.843. The third kappa shape index (κ3) is 3.26. The van der Waals surface area contributed by atoms with Crippen LogP contribution in [-0.4, -0.2) is 22.3 Å². The van der Waals surface area contributed by atoms with Gasteiger partial charge in [-0.05, 0) is 12.5 Å². The van der Waals surface area contributed by atoms with Gasteiger partial charge in [0.05, 0.1) is 11.5 Å². The predicted molar refractivity (Wildman–Crippen MR) is 87.8 cm³/mol. The summed E-state index contributed by atoms with van der Waals surface area (Å²) in [5.41, 5.74) is 5.55.